The largest absolute Gasteiger partial charge is 0.494 e. The van der Waals surface area contributed by atoms with Gasteiger partial charge in [0, 0.05) is 37.5 Å². The number of benzene rings is 6. The molecule has 6 rings (SSSR count). The third kappa shape index (κ3) is 30.7. The smallest absolute Gasteiger partial charge is 0.459 e. The van der Waals surface area contributed by atoms with Crippen molar-refractivity contribution in [3.05, 3.63) is 197 Å². The first-order chi connectivity index (χ1) is 48.0. The Bertz CT molecular complexity index is 3670. The zero-order valence-corrected chi connectivity index (χ0v) is 54.7. The van der Waals surface area contributed by atoms with Gasteiger partial charge in [-0.3, -0.25) is 0 Å². The highest BCUT2D eigenvalue weighted by Crippen LogP contribution is 2.48. The van der Waals surface area contributed by atoms with Crippen LogP contribution < -0.4 is 28.4 Å². The molecule has 0 fully saturated rings. The van der Waals surface area contributed by atoms with Gasteiger partial charge in [-0.25, -0.2) is 28.8 Å². The molecule has 0 atom stereocenters. The molecule has 0 aliphatic rings. The monoisotopic (exact) mass is 1460 g/mol. The lowest BCUT2D eigenvalue weighted by Gasteiger charge is -2.28. The van der Waals surface area contributed by atoms with E-state index in [2.05, 4.69) is 0 Å². The normalized spacial score (nSPS) is 11.9. The summed E-state index contributed by atoms with van der Waals surface area (Å²) in [5.41, 5.74) is 2.65. The SMILES string of the molecule is CCCOC(=O)/C=C/c1ccc(OC(=O)c2ccc(OCCCC(F)(F)C(F)(F)C(F)(F)F)cc2)cc1.CCCOC(=O)/C=C/c1ccc(OC(=O)c2ccc(OCCCC(F)(F)C(F)(F)F)cc2)cc1.CCCOC(=O)/C=C/c1ccc(OC(=O)c2ccc(OCCCC(F)(F)F)cc2)cc1. The minimum absolute atomic E-state index is 0.0690. The van der Waals surface area contributed by atoms with Crippen LogP contribution in [0.3, 0.4) is 0 Å². The van der Waals surface area contributed by atoms with Crippen molar-refractivity contribution in [1.29, 1.82) is 0 Å². The summed E-state index contributed by atoms with van der Waals surface area (Å²) < 4.78 is 233. The first kappa shape index (κ1) is 84.1. The molecule has 30 heteroatoms. The molecule has 0 saturated carbocycles. The third-order valence-corrected chi connectivity index (χ3v) is 13.0. The van der Waals surface area contributed by atoms with Crippen molar-refractivity contribution in [3.63, 3.8) is 0 Å². The molecule has 0 radical (unpaired) electrons. The number of hydrogen-bond donors (Lipinski definition) is 0. The van der Waals surface area contributed by atoms with E-state index in [1.165, 1.54) is 109 Å². The fraction of sp³-hybridized carbons (Fsp3) is 0.333. The topological polar surface area (TPSA) is 185 Å². The van der Waals surface area contributed by atoms with Crippen LogP contribution in [0.4, 0.5) is 65.9 Å². The van der Waals surface area contributed by atoms with Gasteiger partial charge in [-0.2, -0.15) is 65.9 Å². The molecule has 0 heterocycles. The van der Waals surface area contributed by atoms with Gasteiger partial charge < -0.3 is 42.6 Å². The van der Waals surface area contributed by atoms with Crippen molar-refractivity contribution in [2.24, 2.45) is 0 Å². The zero-order chi connectivity index (χ0) is 75.6. The van der Waals surface area contributed by atoms with Crippen LogP contribution in [0.15, 0.2) is 164 Å². The summed E-state index contributed by atoms with van der Waals surface area (Å²) in [6.07, 6.45) is -10.8. The van der Waals surface area contributed by atoms with E-state index in [9.17, 15) is 94.6 Å². The molecule has 0 aliphatic heterocycles. The minimum Gasteiger partial charge on any atom is -0.494 e. The number of rotatable bonds is 33. The Morgan fingerprint density at radius 3 is 0.814 bits per heavy atom. The van der Waals surface area contributed by atoms with E-state index in [-0.39, 0.29) is 59.3 Å². The van der Waals surface area contributed by atoms with E-state index in [0.29, 0.717) is 48.9 Å². The standard InChI is InChI=1S/C25H23F7O5.C24H23F5O5.C23H23F3O5/c1-2-15-36-21(33)13-6-17-4-9-20(10-5-17)37-22(34)18-7-11-19(12-8-18)35-16-3-14-23(26,27)24(28,29)25(30,31)32;1-2-15-33-21(30)13-6-17-4-9-20(10-5-17)34-22(31)18-7-11-19(12-8-18)32-16-3-14-23(25,26)24(27,28)29;1-2-15-30-21(27)13-6-17-4-9-20(10-5-17)31-22(28)18-7-11-19(12-8-18)29-16-3-14-23(24,25)26/h4-13H,2-3,14-16H2,1H3;4-13H,2-3,14-16H2,1H3;4-13H,2-3,14-16H2,1H3/b3*13-6+. The van der Waals surface area contributed by atoms with Crippen LogP contribution in [0.1, 0.15) is 126 Å². The second-order valence-electron chi connectivity index (χ2n) is 21.4. The molecule has 0 aromatic heterocycles. The molecule has 0 N–H and O–H groups in total. The number of carbonyl (C=O) groups is 6. The molecule has 0 spiro atoms. The van der Waals surface area contributed by atoms with E-state index in [4.69, 9.17) is 42.6 Å². The van der Waals surface area contributed by atoms with Crippen LogP contribution in [0, 0.1) is 0 Å². The fourth-order valence-electron chi connectivity index (χ4n) is 7.68. The van der Waals surface area contributed by atoms with Crippen LogP contribution in [0.2, 0.25) is 0 Å². The fourth-order valence-corrected chi connectivity index (χ4v) is 7.68. The van der Waals surface area contributed by atoms with Gasteiger partial charge in [-0.15, -0.1) is 0 Å². The molecular weight excluding hydrogens is 1390 g/mol. The number of ether oxygens (including phenoxy) is 9. The van der Waals surface area contributed by atoms with Gasteiger partial charge in [0.2, 0.25) is 0 Å². The first-order valence-electron chi connectivity index (χ1n) is 31.1. The van der Waals surface area contributed by atoms with Crippen molar-refractivity contribution in [3.8, 4) is 34.5 Å². The van der Waals surface area contributed by atoms with E-state index in [1.54, 1.807) is 72.8 Å². The molecule has 0 bridgehead atoms. The van der Waals surface area contributed by atoms with E-state index in [1.807, 2.05) is 20.8 Å². The maximum absolute atomic E-state index is 13.3. The van der Waals surface area contributed by atoms with E-state index in [0.717, 1.165) is 18.4 Å². The lowest BCUT2D eigenvalue weighted by molar-refractivity contribution is -0.355. The first-order valence-corrected chi connectivity index (χ1v) is 31.1. The molecule has 15 nitrogen and oxygen atoms in total. The Morgan fingerprint density at radius 2 is 0.569 bits per heavy atom. The van der Waals surface area contributed by atoms with Crippen LogP contribution in [-0.4, -0.2) is 112 Å². The molecule has 102 heavy (non-hydrogen) atoms. The number of hydrogen-bond acceptors (Lipinski definition) is 15. The molecule has 0 unspecified atom stereocenters. The van der Waals surface area contributed by atoms with Crippen molar-refractivity contribution in [2.45, 2.75) is 115 Å². The van der Waals surface area contributed by atoms with Crippen molar-refractivity contribution >= 4 is 54.0 Å². The summed E-state index contributed by atoms with van der Waals surface area (Å²) in [6, 6.07) is 35.8. The summed E-state index contributed by atoms with van der Waals surface area (Å²) in [5.74, 6) is -18.1. The highest BCUT2D eigenvalue weighted by Gasteiger charge is 2.72. The summed E-state index contributed by atoms with van der Waals surface area (Å²) in [4.78, 5) is 71.2. The third-order valence-electron chi connectivity index (χ3n) is 13.0. The molecule has 0 aliphatic carbocycles. The van der Waals surface area contributed by atoms with Crippen LogP contribution in [0.25, 0.3) is 18.2 Å². The zero-order valence-electron chi connectivity index (χ0n) is 54.7. The van der Waals surface area contributed by atoms with Gasteiger partial charge in [-0.05, 0) is 183 Å². The van der Waals surface area contributed by atoms with Gasteiger partial charge in [0.15, 0.2) is 0 Å². The van der Waals surface area contributed by atoms with Crippen molar-refractivity contribution < 1.29 is 137 Å². The summed E-state index contributed by atoms with van der Waals surface area (Å²) >= 11 is 0. The van der Waals surface area contributed by atoms with E-state index < -0.39 is 111 Å². The summed E-state index contributed by atoms with van der Waals surface area (Å²) in [6.45, 7) is 5.72. The Balaban J connectivity index is 0.000000326. The van der Waals surface area contributed by atoms with Gasteiger partial charge in [-0.1, -0.05) is 57.2 Å². The highest BCUT2D eigenvalue weighted by atomic mass is 19.4. The molecular formula is C72H69F15O15. The summed E-state index contributed by atoms with van der Waals surface area (Å²) in [7, 11) is 0. The Kier molecular flexibility index (Phi) is 33.7. The number of halogens is 15. The Morgan fingerprint density at radius 1 is 0.314 bits per heavy atom. The van der Waals surface area contributed by atoms with Crippen molar-refractivity contribution in [2.75, 3.05) is 39.6 Å². The van der Waals surface area contributed by atoms with Crippen LogP contribution >= 0.6 is 0 Å². The molecule has 6 aromatic rings. The highest BCUT2D eigenvalue weighted by molar-refractivity contribution is 5.93. The van der Waals surface area contributed by atoms with E-state index >= 15 is 0 Å². The minimum atomic E-state index is -6.37. The number of esters is 6. The molecule has 552 valence electrons. The van der Waals surface area contributed by atoms with Crippen LogP contribution in [0.5, 0.6) is 34.5 Å². The maximum Gasteiger partial charge on any atom is 0.459 e. The lowest BCUT2D eigenvalue weighted by atomic mass is 10.1. The predicted molar refractivity (Wildman–Crippen MR) is 342 cm³/mol. The predicted octanol–water partition coefficient (Wildman–Crippen LogP) is 18.7. The summed E-state index contributed by atoms with van der Waals surface area (Å²) in [5, 5.41) is 0. The van der Waals surface area contributed by atoms with Gasteiger partial charge in [0.05, 0.1) is 56.3 Å². The second-order valence-corrected chi connectivity index (χ2v) is 21.4. The van der Waals surface area contributed by atoms with Crippen molar-refractivity contribution in [1.82, 2.24) is 0 Å². The second kappa shape index (κ2) is 40.8. The van der Waals surface area contributed by atoms with Gasteiger partial charge in [0.25, 0.3) is 0 Å². The van der Waals surface area contributed by atoms with Gasteiger partial charge >= 0.3 is 72.1 Å². The molecule has 6 aromatic carbocycles. The van der Waals surface area contributed by atoms with Crippen LogP contribution in [-0.2, 0) is 28.6 Å². The number of carbonyl (C=O) groups excluding carboxylic acids is 6. The number of alkyl halides is 15. The maximum atomic E-state index is 13.3. The average molecular weight is 1460 g/mol. The Hall–Kier alpha value is -10.3. The quantitative estimate of drug-likeness (QED) is 0.00945. The van der Waals surface area contributed by atoms with Gasteiger partial charge in [0.1, 0.15) is 34.5 Å². The average Bonchev–Trinajstić information content (AvgIpc) is 0.776. The lowest BCUT2D eigenvalue weighted by Crippen LogP contribution is -2.51. The Labute approximate surface area is 575 Å². The molecule has 0 saturated heterocycles. The molecule has 0 amide bonds.